The molecule has 0 bridgehead atoms. The Morgan fingerprint density at radius 3 is 2.75 bits per heavy atom. The average Bonchev–Trinajstić information content (AvgIpc) is 2.94. The number of carboxylic acids is 1. The summed E-state index contributed by atoms with van der Waals surface area (Å²) < 4.78 is 1.72. The van der Waals surface area contributed by atoms with Crippen molar-refractivity contribution in [1.82, 2.24) is 19.9 Å². The van der Waals surface area contributed by atoms with Gasteiger partial charge in [-0.05, 0) is 26.1 Å². The van der Waals surface area contributed by atoms with Crippen LogP contribution in [0.25, 0.3) is 5.69 Å². The number of hydrogen-bond donors (Lipinski definition) is 1. The van der Waals surface area contributed by atoms with Gasteiger partial charge in [-0.2, -0.15) is 0 Å². The summed E-state index contributed by atoms with van der Waals surface area (Å²) >= 11 is 0. The molecule has 0 aliphatic rings. The van der Waals surface area contributed by atoms with Crippen LogP contribution in [0.15, 0.2) is 36.5 Å². The average molecular weight is 274 g/mol. The van der Waals surface area contributed by atoms with Crippen molar-refractivity contribution in [2.75, 3.05) is 13.6 Å². The minimum Gasteiger partial charge on any atom is -0.481 e. The lowest BCUT2D eigenvalue weighted by atomic mass is 10.2. The van der Waals surface area contributed by atoms with E-state index >= 15 is 0 Å². The third kappa shape index (κ3) is 3.42. The molecule has 0 saturated carbocycles. The Morgan fingerprint density at radius 2 is 2.10 bits per heavy atom. The van der Waals surface area contributed by atoms with Crippen molar-refractivity contribution >= 4 is 5.97 Å². The summed E-state index contributed by atoms with van der Waals surface area (Å²) in [4.78, 5) is 12.5. The molecule has 2 rings (SSSR count). The van der Waals surface area contributed by atoms with Gasteiger partial charge in [-0.25, -0.2) is 4.68 Å². The maximum absolute atomic E-state index is 10.6. The Hall–Kier alpha value is -2.21. The van der Waals surface area contributed by atoms with Crippen molar-refractivity contribution in [1.29, 1.82) is 0 Å². The number of nitrogens with zero attached hydrogens (tertiary/aromatic N) is 4. The highest BCUT2D eigenvalue weighted by Gasteiger charge is 2.16. The van der Waals surface area contributed by atoms with E-state index in [1.807, 2.05) is 55.4 Å². The van der Waals surface area contributed by atoms with E-state index in [4.69, 9.17) is 5.11 Å². The van der Waals surface area contributed by atoms with Crippen molar-refractivity contribution in [3.63, 3.8) is 0 Å². The highest BCUT2D eigenvalue weighted by atomic mass is 16.4. The van der Waals surface area contributed by atoms with Crippen LogP contribution in [-0.4, -0.2) is 44.6 Å². The van der Waals surface area contributed by atoms with Crippen molar-refractivity contribution in [2.45, 2.75) is 19.4 Å². The first-order valence-electron chi connectivity index (χ1n) is 6.47. The molecular formula is C14H18N4O2. The number of aromatic nitrogens is 3. The Balaban J connectivity index is 2.06. The molecule has 0 spiro atoms. The van der Waals surface area contributed by atoms with Crippen LogP contribution in [0.1, 0.15) is 25.1 Å². The zero-order valence-electron chi connectivity index (χ0n) is 11.6. The Labute approximate surface area is 117 Å². The Bertz CT molecular complexity index is 568. The Kier molecular flexibility index (Phi) is 4.47. The molecule has 0 amide bonds. The molecule has 1 heterocycles. The highest BCUT2D eigenvalue weighted by molar-refractivity contribution is 5.66. The smallest absolute Gasteiger partial charge is 0.304 e. The number of para-hydroxylation sites is 1. The van der Waals surface area contributed by atoms with Crippen molar-refractivity contribution in [2.24, 2.45) is 0 Å². The fourth-order valence-corrected chi connectivity index (χ4v) is 1.87. The maximum atomic E-state index is 10.6. The van der Waals surface area contributed by atoms with E-state index in [0.29, 0.717) is 6.54 Å². The number of hydrogen-bond acceptors (Lipinski definition) is 4. The van der Waals surface area contributed by atoms with Crippen LogP contribution >= 0.6 is 0 Å². The second kappa shape index (κ2) is 6.29. The lowest BCUT2D eigenvalue weighted by molar-refractivity contribution is -0.137. The fraction of sp³-hybridized carbons (Fsp3) is 0.357. The molecule has 1 aromatic carbocycles. The Morgan fingerprint density at radius 1 is 1.40 bits per heavy atom. The van der Waals surface area contributed by atoms with Crippen LogP contribution in [0.2, 0.25) is 0 Å². The lowest BCUT2D eigenvalue weighted by Crippen LogP contribution is -2.25. The normalized spacial score (nSPS) is 12.6. The van der Waals surface area contributed by atoms with Gasteiger partial charge in [-0.15, -0.1) is 5.10 Å². The summed E-state index contributed by atoms with van der Waals surface area (Å²) in [6.07, 6.45) is 1.99. The van der Waals surface area contributed by atoms with Crippen molar-refractivity contribution in [3.8, 4) is 5.69 Å². The minimum absolute atomic E-state index is 0.0202. The predicted molar refractivity (Wildman–Crippen MR) is 74.7 cm³/mol. The quantitative estimate of drug-likeness (QED) is 0.868. The van der Waals surface area contributed by atoms with Gasteiger partial charge in [0, 0.05) is 6.54 Å². The molecule has 0 aliphatic heterocycles. The number of benzene rings is 1. The molecule has 0 fully saturated rings. The van der Waals surface area contributed by atoms with Gasteiger partial charge in [-0.1, -0.05) is 23.4 Å². The van der Waals surface area contributed by atoms with E-state index in [0.717, 1.165) is 11.4 Å². The largest absolute Gasteiger partial charge is 0.481 e. The molecule has 1 N–H and O–H groups in total. The zero-order valence-corrected chi connectivity index (χ0v) is 11.6. The monoisotopic (exact) mass is 274 g/mol. The van der Waals surface area contributed by atoms with Crippen molar-refractivity contribution in [3.05, 3.63) is 42.2 Å². The molecule has 0 saturated heterocycles. The predicted octanol–water partition coefficient (Wildman–Crippen LogP) is 1.73. The van der Waals surface area contributed by atoms with E-state index in [1.54, 1.807) is 4.68 Å². The number of carbonyl (C=O) groups is 1. The maximum Gasteiger partial charge on any atom is 0.304 e. The topological polar surface area (TPSA) is 71.2 Å². The molecule has 0 aliphatic carbocycles. The van der Waals surface area contributed by atoms with Crippen LogP contribution in [0, 0.1) is 0 Å². The van der Waals surface area contributed by atoms with Gasteiger partial charge < -0.3 is 5.11 Å². The summed E-state index contributed by atoms with van der Waals surface area (Å²) in [7, 11) is 1.88. The molecule has 6 nitrogen and oxygen atoms in total. The van der Waals surface area contributed by atoms with E-state index in [2.05, 4.69) is 10.3 Å². The van der Waals surface area contributed by atoms with Gasteiger partial charge in [0.2, 0.25) is 0 Å². The molecule has 1 unspecified atom stereocenters. The molecule has 20 heavy (non-hydrogen) atoms. The number of aliphatic carboxylic acids is 1. The second-order valence-electron chi connectivity index (χ2n) is 4.72. The summed E-state index contributed by atoms with van der Waals surface area (Å²) in [6, 6.07) is 9.77. The van der Waals surface area contributed by atoms with E-state index in [-0.39, 0.29) is 12.5 Å². The number of rotatable bonds is 6. The molecular weight excluding hydrogens is 256 g/mol. The summed E-state index contributed by atoms with van der Waals surface area (Å²) in [5.41, 5.74) is 1.77. The standard InChI is InChI=1S/C14H18N4O2/c1-11(17(2)9-8-14(19)20)13-10-18(16-15-13)12-6-4-3-5-7-12/h3-7,10-11H,8-9H2,1-2H3,(H,19,20). The SMILES string of the molecule is CC(c1cn(-c2ccccc2)nn1)N(C)CCC(=O)O. The van der Waals surface area contributed by atoms with Crippen LogP contribution in [0.4, 0.5) is 0 Å². The van der Waals surface area contributed by atoms with Gasteiger partial charge in [0.05, 0.1) is 30.0 Å². The van der Waals surface area contributed by atoms with Crippen LogP contribution in [0.5, 0.6) is 0 Å². The van der Waals surface area contributed by atoms with E-state index in [1.165, 1.54) is 0 Å². The van der Waals surface area contributed by atoms with Gasteiger partial charge in [0.25, 0.3) is 0 Å². The summed E-state index contributed by atoms with van der Waals surface area (Å²) in [5, 5.41) is 17.0. The third-order valence-corrected chi connectivity index (χ3v) is 3.30. The first-order valence-corrected chi connectivity index (χ1v) is 6.47. The first-order chi connectivity index (χ1) is 9.58. The zero-order chi connectivity index (χ0) is 14.5. The van der Waals surface area contributed by atoms with Crippen LogP contribution in [0.3, 0.4) is 0 Å². The molecule has 2 aromatic rings. The molecule has 1 aromatic heterocycles. The van der Waals surface area contributed by atoms with Crippen molar-refractivity contribution < 1.29 is 9.90 Å². The molecule has 1 atom stereocenters. The van der Waals surface area contributed by atoms with Crippen LogP contribution < -0.4 is 0 Å². The third-order valence-electron chi connectivity index (χ3n) is 3.30. The van der Waals surface area contributed by atoms with Gasteiger partial charge in [-0.3, -0.25) is 9.69 Å². The molecule has 106 valence electrons. The summed E-state index contributed by atoms with van der Waals surface area (Å²) in [5.74, 6) is -0.794. The number of carboxylic acid groups (broad SMARTS) is 1. The van der Waals surface area contributed by atoms with Gasteiger partial charge in [0.1, 0.15) is 0 Å². The fourth-order valence-electron chi connectivity index (χ4n) is 1.87. The first kappa shape index (κ1) is 14.2. The molecule has 6 heteroatoms. The van der Waals surface area contributed by atoms with Crippen LogP contribution in [-0.2, 0) is 4.79 Å². The van der Waals surface area contributed by atoms with Gasteiger partial charge in [0.15, 0.2) is 0 Å². The lowest BCUT2D eigenvalue weighted by Gasteiger charge is -2.21. The minimum atomic E-state index is -0.794. The van der Waals surface area contributed by atoms with E-state index < -0.39 is 5.97 Å². The summed E-state index contributed by atoms with van der Waals surface area (Å²) in [6.45, 7) is 2.47. The molecule has 0 radical (unpaired) electrons. The highest BCUT2D eigenvalue weighted by Crippen LogP contribution is 2.17. The second-order valence-corrected chi connectivity index (χ2v) is 4.72. The van der Waals surface area contributed by atoms with E-state index in [9.17, 15) is 4.79 Å². The van der Waals surface area contributed by atoms with Gasteiger partial charge >= 0.3 is 5.97 Å².